The van der Waals surface area contributed by atoms with E-state index >= 15 is 0 Å². The van der Waals surface area contributed by atoms with Crippen molar-refractivity contribution in [2.24, 2.45) is 5.92 Å². The van der Waals surface area contributed by atoms with E-state index in [9.17, 15) is 19.5 Å². The molecule has 2 heterocycles. The number of Topliss-reactive ketones (excluding diaryl/α,β-unsaturated/α-hetero) is 1. The number of carbonyl (C=O) groups is 2. The third-order valence-corrected chi connectivity index (χ3v) is 6.64. The number of aliphatic hydroxyl groups is 1. The first-order valence-corrected chi connectivity index (χ1v) is 11.9. The summed E-state index contributed by atoms with van der Waals surface area (Å²) in [5, 5.41) is 13.6. The second-order valence-electron chi connectivity index (χ2n) is 8.68. The van der Waals surface area contributed by atoms with Crippen molar-refractivity contribution in [1.29, 1.82) is 0 Å². The van der Waals surface area contributed by atoms with Crippen LogP contribution in [0.5, 0.6) is 0 Å². The Morgan fingerprint density at radius 2 is 2.00 bits per heavy atom. The van der Waals surface area contributed by atoms with Crippen molar-refractivity contribution in [3.63, 3.8) is 0 Å². The summed E-state index contributed by atoms with van der Waals surface area (Å²) in [6.45, 7) is 9.31. The van der Waals surface area contributed by atoms with Gasteiger partial charge in [0.2, 0.25) is 0 Å². The summed E-state index contributed by atoms with van der Waals surface area (Å²) in [5.41, 5.74) is 1.42. The number of carbonyl (C=O) groups excluding carboxylic acids is 2. The molecule has 0 aliphatic carbocycles. The maximum atomic E-state index is 12.8. The third kappa shape index (κ3) is 6.11. The molecule has 0 bridgehead atoms. The second kappa shape index (κ2) is 10.6. The number of nitrogens with one attached hydrogen (secondary N) is 2. The van der Waals surface area contributed by atoms with Gasteiger partial charge >= 0.3 is 0 Å². The van der Waals surface area contributed by atoms with Gasteiger partial charge in [-0.3, -0.25) is 14.4 Å². The van der Waals surface area contributed by atoms with E-state index in [0.717, 1.165) is 10.6 Å². The highest BCUT2D eigenvalue weighted by molar-refractivity contribution is 7.18. The Morgan fingerprint density at radius 1 is 1.26 bits per heavy atom. The number of aromatic amines is 1. The topological polar surface area (TPSA) is 115 Å². The van der Waals surface area contributed by atoms with Crippen molar-refractivity contribution in [1.82, 2.24) is 15.3 Å². The maximum absolute atomic E-state index is 12.8. The standard InChI is InChI=1S/C25H30N4O4S/c1-14(2)23(31)20(8-6-15(3)30)28-25(33)21-10-11-22(34-21)29(5)13-17-7-9-19-18(12-17)24(32)27-16(4)26-19/h7,9-12,14,20,30H,3,6,8,13H2,1-2,4-5H3,(H,28,33)(H,26,27,32)/t20-/m0/s1. The van der Waals surface area contributed by atoms with Gasteiger partial charge in [-0.1, -0.05) is 26.5 Å². The molecule has 1 aromatic carbocycles. The monoisotopic (exact) mass is 482 g/mol. The Labute approximate surface area is 202 Å². The first-order chi connectivity index (χ1) is 16.0. The molecule has 1 amide bonds. The smallest absolute Gasteiger partial charge is 0.262 e. The van der Waals surface area contributed by atoms with Crippen LogP contribution in [0.3, 0.4) is 0 Å². The first kappa shape index (κ1) is 25.2. The van der Waals surface area contributed by atoms with Crippen LogP contribution in [-0.4, -0.2) is 39.9 Å². The Morgan fingerprint density at radius 3 is 2.68 bits per heavy atom. The number of benzene rings is 1. The summed E-state index contributed by atoms with van der Waals surface area (Å²) in [7, 11) is 1.91. The van der Waals surface area contributed by atoms with E-state index in [0.29, 0.717) is 34.6 Å². The molecule has 0 radical (unpaired) electrons. The zero-order chi connectivity index (χ0) is 25.0. The number of anilines is 1. The SMILES string of the molecule is C=C(O)CC[C@H](NC(=O)c1ccc(N(C)Cc2ccc3nc(C)[nH]c(=O)c3c2)s1)C(=O)C(C)C. The number of H-pyrrole nitrogens is 1. The number of aromatic nitrogens is 2. The van der Waals surface area contributed by atoms with Gasteiger partial charge in [-0.2, -0.15) is 0 Å². The van der Waals surface area contributed by atoms with E-state index in [1.54, 1.807) is 26.8 Å². The highest BCUT2D eigenvalue weighted by Gasteiger charge is 2.24. The van der Waals surface area contributed by atoms with Gasteiger partial charge in [-0.15, -0.1) is 11.3 Å². The van der Waals surface area contributed by atoms with Crippen LogP contribution < -0.4 is 15.8 Å². The minimum atomic E-state index is -0.687. The molecular formula is C25H30N4O4S. The number of aliphatic hydroxyl groups excluding tert-OH is 1. The average molecular weight is 483 g/mol. The minimum absolute atomic E-state index is 0.0163. The van der Waals surface area contributed by atoms with Crippen molar-refractivity contribution < 1.29 is 14.7 Å². The van der Waals surface area contributed by atoms with Crippen LogP contribution in [0.4, 0.5) is 5.00 Å². The molecular weight excluding hydrogens is 452 g/mol. The van der Waals surface area contributed by atoms with E-state index in [4.69, 9.17) is 0 Å². The zero-order valence-corrected chi connectivity index (χ0v) is 20.7. The summed E-state index contributed by atoms with van der Waals surface area (Å²) in [5.74, 6) is -0.0937. The number of allylic oxidation sites excluding steroid dienone is 1. The van der Waals surface area contributed by atoms with Crippen LogP contribution in [-0.2, 0) is 11.3 Å². The number of aryl methyl sites for hydroxylation is 1. The van der Waals surface area contributed by atoms with Crippen LogP contribution in [0, 0.1) is 12.8 Å². The number of amides is 1. The number of fused-ring (bicyclic) bond motifs is 1. The average Bonchev–Trinajstić information content (AvgIpc) is 3.27. The molecule has 9 heteroatoms. The van der Waals surface area contributed by atoms with Crippen LogP contribution in [0.1, 0.15) is 47.7 Å². The normalized spacial score (nSPS) is 12.0. The number of hydrogen-bond acceptors (Lipinski definition) is 7. The number of hydrogen-bond donors (Lipinski definition) is 3. The van der Waals surface area contributed by atoms with Crippen molar-refractivity contribution in [2.75, 3.05) is 11.9 Å². The fourth-order valence-corrected chi connectivity index (χ4v) is 4.51. The number of rotatable bonds is 10. The highest BCUT2D eigenvalue weighted by atomic mass is 32.1. The molecule has 8 nitrogen and oxygen atoms in total. The van der Waals surface area contributed by atoms with Gasteiger partial charge < -0.3 is 20.3 Å². The zero-order valence-electron chi connectivity index (χ0n) is 19.8. The fourth-order valence-electron chi connectivity index (χ4n) is 3.64. The summed E-state index contributed by atoms with van der Waals surface area (Å²) >= 11 is 1.32. The molecule has 180 valence electrons. The summed E-state index contributed by atoms with van der Waals surface area (Å²) < 4.78 is 0. The molecule has 0 saturated carbocycles. The molecule has 0 saturated heterocycles. The van der Waals surface area contributed by atoms with Crippen LogP contribution in [0.15, 0.2) is 47.5 Å². The van der Waals surface area contributed by atoms with Gasteiger partial charge in [0.15, 0.2) is 5.78 Å². The Kier molecular flexibility index (Phi) is 7.88. The number of ketones is 1. The lowest BCUT2D eigenvalue weighted by Crippen LogP contribution is -2.42. The van der Waals surface area contributed by atoms with Crippen molar-refractivity contribution in [3.05, 3.63) is 69.3 Å². The summed E-state index contributed by atoms with van der Waals surface area (Å²) in [6.07, 6.45) is 0.539. The second-order valence-corrected chi connectivity index (χ2v) is 9.75. The van der Waals surface area contributed by atoms with Gasteiger partial charge in [0.25, 0.3) is 11.5 Å². The molecule has 0 fully saturated rings. The maximum Gasteiger partial charge on any atom is 0.262 e. The van der Waals surface area contributed by atoms with E-state index < -0.39 is 6.04 Å². The predicted octanol–water partition coefficient (Wildman–Crippen LogP) is 4.10. The minimum Gasteiger partial charge on any atom is -0.513 e. The Bertz CT molecular complexity index is 1280. The van der Waals surface area contributed by atoms with E-state index in [-0.39, 0.29) is 35.3 Å². The molecule has 3 N–H and O–H groups in total. The van der Waals surface area contributed by atoms with Crippen molar-refractivity contribution in [2.45, 2.75) is 46.2 Å². The molecule has 0 spiro atoms. The quantitative estimate of drug-likeness (QED) is 0.375. The van der Waals surface area contributed by atoms with E-state index in [1.165, 1.54) is 11.3 Å². The van der Waals surface area contributed by atoms with Crippen LogP contribution in [0.25, 0.3) is 10.9 Å². The lowest BCUT2D eigenvalue weighted by molar-refractivity contribution is -0.123. The molecule has 1 atom stereocenters. The lowest BCUT2D eigenvalue weighted by Gasteiger charge is -2.19. The van der Waals surface area contributed by atoms with Gasteiger partial charge in [0, 0.05) is 25.9 Å². The molecule has 3 aromatic rings. The molecule has 2 aromatic heterocycles. The number of thiophene rings is 1. The lowest BCUT2D eigenvalue weighted by atomic mass is 9.97. The molecule has 34 heavy (non-hydrogen) atoms. The first-order valence-electron chi connectivity index (χ1n) is 11.1. The molecule has 0 unspecified atom stereocenters. The van der Waals surface area contributed by atoms with Crippen molar-refractivity contribution >= 4 is 38.9 Å². The van der Waals surface area contributed by atoms with E-state index in [1.807, 2.05) is 36.2 Å². The molecule has 0 aliphatic heterocycles. The predicted molar refractivity (Wildman–Crippen MR) is 136 cm³/mol. The molecule has 0 aliphatic rings. The Balaban J connectivity index is 1.71. The van der Waals surface area contributed by atoms with Gasteiger partial charge in [-0.25, -0.2) is 4.98 Å². The van der Waals surface area contributed by atoms with Gasteiger partial charge in [-0.05, 0) is 43.2 Å². The number of nitrogens with zero attached hydrogens (tertiary/aromatic N) is 2. The van der Waals surface area contributed by atoms with E-state index in [2.05, 4.69) is 21.9 Å². The van der Waals surface area contributed by atoms with Crippen LogP contribution >= 0.6 is 11.3 Å². The Hall–Kier alpha value is -3.46. The van der Waals surface area contributed by atoms with Crippen LogP contribution in [0.2, 0.25) is 0 Å². The third-order valence-electron chi connectivity index (χ3n) is 5.44. The van der Waals surface area contributed by atoms with Gasteiger partial charge in [0.1, 0.15) is 5.82 Å². The largest absolute Gasteiger partial charge is 0.513 e. The highest BCUT2D eigenvalue weighted by Crippen LogP contribution is 2.27. The van der Waals surface area contributed by atoms with Gasteiger partial charge in [0.05, 0.1) is 32.6 Å². The summed E-state index contributed by atoms with van der Waals surface area (Å²) in [6, 6.07) is 8.49. The van der Waals surface area contributed by atoms with Crippen molar-refractivity contribution in [3.8, 4) is 0 Å². The summed E-state index contributed by atoms with van der Waals surface area (Å²) in [4.78, 5) is 47.2. The molecule has 3 rings (SSSR count). The fraction of sp³-hybridized carbons (Fsp3) is 0.360.